The summed E-state index contributed by atoms with van der Waals surface area (Å²) in [7, 11) is 0. The number of fused-ring (bicyclic) bond motifs is 1. The van der Waals surface area contributed by atoms with Crippen LogP contribution in [0.15, 0.2) is 24.3 Å². The van der Waals surface area contributed by atoms with Gasteiger partial charge in [-0.25, -0.2) is 0 Å². The summed E-state index contributed by atoms with van der Waals surface area (Å²) < 4.78 is 0. The minimum absolute atomic E-state index is 0.159. The standard InChI is InChI=1S/C17H21NO/c1-12-15(13-8-4-5-9-14(13)18-12)16(19)17(2)10-6-3-7-11-17/h4-5,8-9,18H,3,6-7,10-11H2,1-2H3. The zero-order chi connectivity index (χ0) is 13.5. The lowest BCUT2D eigenvalue weighted by Gasteiger charge is -2.32. The van der Waals surface area contributed by atoms with E-state index in [0.717, 1.165) is 35.0 Å². The summed E-state index contributed by atoms with van der Waals surface area (Å²) in [4.78, 5) is 16.3. The third-order valence-electron chi connectivity index (χ3n) is 4.63. The van der Waals surface area contributed by atoms with Crippen molar-refractivity contribution in [3.8, 4) is 0 Å². The van der Waals surface area contributed by atoms with Gasteiger partial charge in [0.25, 0.3) is 0 Å². The van der Waals surface area contributed by atoms with Crippen LogP contribution in [-0.2, 0) is 0 Å². The second-order valence-corrected chi connectivity index (χ2v) is 6.12. The van der Waals surface area contributed by atoms with Gasteiger partial charge in [-0.3, -0.25) is 4.79 Å². The second kappa shape index (κ2) is 4.52. The molecule has 2 nitrogen and oxygen atoms in total. The number of rotatable bonds is 2. The van der Waals surface area contributed by atoms with Gasteiger partial charge in [-0.15, -0.1) is 0 Å². The molecule has 1 fully saturated rings. The second-order valence-electron chi connectivity index (χ2n) is 6.12. The first-order valence-electron chi connectivity index (χ1n) is 7.24. The topological polar surface area (TPSA) is 32.9 Å². The number of H-pyrrole nitrogens is 1. The number of hydrogen-bond acceptors (Lipinski definition) is 1. The maximum atomic E-state index is 13.0. The Morgan fingerprint density at radius 3 is 2.58 bits per heavy atom. The number of hydrogen-bond donors (Lipinski definition) is 1. The van der Waals surface area contributed by atoms with E-state index in [0.29, 0.717) is 5.78 Å². The number of aryl methyl sites for hydroxylation is 1. The van der Waals surface area contributed by atoms with E-state index in [4.69, 9.17) is 0 Å². The molecule has 19 heavy (non-hydrogen) atoms. The van der Waals surface area contributed by atoms with Gasteiger partial charge in [0.05, 0.1) is 0 Å². The summed E-state index contributed by atoms with van der Waals surface area (Å²) in [6.45, 7) is 4.16. The van der Waals surface area contributed by atoms with Crippen molar-refractivity contribution in [2.45, 2.75) is 46.0 Å². The molecule has 0 unspecified atom stereocenters. The molecule has 1 aliphatic rings. The molecule has 3 rings (SSSR count). The summed E-state index contributed by atoms with van der Waals surface area (Å²) in [6, 6.07) is 8.12. The van der Waals surface area contributed by atoms with E-state index in [9.17, 15) is 4.79 Å². The van der Waals surface area contributed by atoms with Crippen molar-refractivity contribution < 1.29 is 4.79 Å². The zero-order valence-electron chi connectivity index (χ0n) is 11.8. The maximum absolute atomic E-state index is 13.0. The van der Waals surface area contributed by atoms with Crippen LogP contribution < -0.4 is 0 Å². The quantitative estimate of drug-likeness (QED) is 0.780. The minimum Gasteiger partial charge on any atom is -0.358 e. The van der Waals surface area contributed by atoms with Gasteiger partial charge >= 0.3 is 0 Å². The third-order valence-corrected chi connectivity index (χ3v) is 4.63. The van der Waals surface area contributed by atoms with Crippen molar-refractivity contribution in [3.63, 3.8) is 0 Å². The van der Waals surface area contributed by atoms with Gasteiger partial charge in [0, 0.05) is 27.6 Å². The molecule has 0 amide bonds. The Labute approximate surface area is 114 Å². The fraction of sp³-hybridized carbons (Fsp3) is 0.471. The number of para-hydroxylation sites is 1. The first kappa shape index (κ1) is 12.5. The Balaban J connectivity index is 2.08. The van der Waals surface area contributed by atoms with Crippen LogP contribution in [0.2, 0.25) is 0 Å². The average Bonchev–Trinajstić information content (AvgIpc) is 2.74. The molecule has 2 heteroatoms. The predicted molar refractivity (Wildman–Crippen MR) is 78.6 cm³/mol. The van der Waals surface area contributed by atoms with Crippen LogP contribution in [0.3, 0.4) is 0 Å². The van der Waals surface area contributed by atoms with Gasteiger partial charge in [0.2, 0.25) is 0 Å². The number of benzene rings is 1. The van der Waals surface area contributed by atoms with Crippen LogP contribution in [0.4, 0.5) is 0 Å². The summed E-state index contributed by atoms with van der Waals surface area (Å²) in [5.41, 5.74) is 2.84. The zero-order valence-corrected chi connectivity index (χ0v) is 11.8. The predicted octanol–water partition coefficient (Wildman–Crippen LogP) is 4.63. The van der Waals surface area contributed by atoms with Gasteiger partial charge in [-0.05, 0) is 25.8 Å². The van der Waals surface area contributed by atoms with Crippen molar-refractivity contribution in [3.05, 3.63) is 35.5 Å². The number of ketones is 1. The summed E-state index contributed by atoms with van der Waals surface area (Å²) in [6.07, 6.45) is 5.71. The van der Waals surface area contributed by atoms with E-state index in [1.165, 1.54) is 19.3 Å². The van der Waals surface area contributed by atoms with Crippen LogP contribution in [0.25, 0.3) is 10.9 Å². The molecule has 0 saturated heterocycles. The lowest BCUT2D eigenvalue weighted by molar-refractivity contribution is 0.0751. The van der Waals surface area contributed by atoms with E-state index >= 15 is 0 Å². The van der Waals surface area contributed by atoms with Crippen LogP contribution in [0, 0.1) is 12.3 Å². The molecular formula is C17H21NO. The highest BCUT2D eigenvalue weighted by molar-refractivity contribution is 6.11. The Morgan fingerprint density at radius 2 is 1.84 bits per heavy atom. The Hall–Kier alpha value is -1.57. The smallest absolute Gasteiger partial charge is 0.171 e. The number of nitrogens with one attached hydrogen (secondary N) is 1. The number of carbonyl (C=O) groups excluding carboxylic acids is 1. The average molecular weight is 255 g/mol. The SMILES string of the molecule is Cc1[nH]c2ccccc2c1C(=O)C1(C)CCCCC1. The summed E-state index contributed by atoms with van der Waals surface area (Å²) >= 11 is 0. The van der Waals surface area contributed by atoms with Gasteiger partial charge in [-0.2, -0.15) is 0 Å². The number of Topliss-reactive ketones (excluding diaryl/α,β-unsaturated/α-hetero) is 1. The minimum atomic E-state index is -0.159. The molecular weight excluding hydrogens is 234 g/mol. The Morgan fingerprint density at radius 1 is 1.16 bits per heavy atom. The lowest BCUT2D eigenvalue weighted by atomic mass is 9.70. The molecule has 2 aromatic rings. The van der Waals surface area contributed by atoms with Crippen molar-refractivity contribution in [1.82, 2.24) is 4.98 Å². The van der Waals surface area contributed by atoms with E-state index in [1.807, 2.05) is 25.1 Å². The highest BCUT2D eigenvalue weighted by Crippen LogP contribution is 2.40. The summed E-state index contributed by atoms with van der Waals surface area (Å²) in [5.74, 6) is 0.335. The van der Waals surface area contributed by atoms with Crippen LogP contribution >= 0.6 is 0 Å². The van der Waals surface area contributed by atoms with E-state index in [2.05, 4.69) is 18.0 Å². The van der Waals surface area contributed by atoms with Gasteiger partial charge in [0.1, 0.15) is 0 Å². The van der Waals surface area contributed by atoms with E-state index < -0.39 is 0 Å². The van der Waals surface area contributed by atoms with Crippen LogP contribution in [0.1, 0.15) is 55.1 Å². The van der Waals surface area contributed by atoms with Gasteiger partial charge < -0.3 is 4.98 Å². The normalized spacial score (nSPS) is 18.6. The monoisotopic (exact) mass is 255 g/mol. The van der Waals surface area contributed by atoms with Crippen LogP contribution in [-0.4, -0.2) is 10.8 Å². The Bertz CT molecular complexity index is 617. The van der Waals surface area contributed by atoms with Gasteiger partial charge in [-0.1, -0.05) is 44.4 Å². The summed E-state index contributed by atoms with van der Waals surface area (Å²) in [5, 5.41) is 1.08. The first-order chi connectivity index (χ1) is 9.12. The maximum Gasteiger partial charge on any atom is 0.171 e. The highest BCUT2D eigenvalue weighted by Gasteiger charge is 2.36. The van der Waals surface area contributed by atoms with Crippen molar-refractivity contribution in [2.75, 3.05) is 0 Å². The molecule has 1 aromatic heterocycles. The molecule has 0 radical (unpaired) electrons. The molecule has 100 valence electrons. The molecule has 0 atom stereocenters. The molecule has 0 aliphatic heterocycles. The fourth-order valence-corrected chi connectivity index (χ4v) is 3.43. The third kappa shape index (κ3) is 1.99. The number of aromatic amines is 1. The van der Waals surface area contributed by atoms with Gasteiger partial charge in [0.15, 0.2) is 5.78 Å². The Kier molecular flexibility index (Phi) is 2.96. The number of carbonyl (C=O) groups is 1. The van der Waals surface area contributed by atoms with Crippen molar-refractivity contribution in [2.24, 2.45) is 5.41 Å². The van der Waals surface area contributed by atoms with E-state index in [1.54, 1.807) is 0 Å². The van der Waals surface area contributed by atoms with Crippen LogP contribution in [0.5, 0.6) is 0 Å². The fourth-order valence-electron chi connectivity index (χ4n) is 3.43. The highest BCUT2D eigenvalue weighted by atomic mass is 16.1. The molecule has 0 bridgehead atoms. The number of aromatic nitrogens is 1. The molecule has 1 aromatic carbocycles. The lowest BCUT2D eigenvalue weighted by Crippen LogP contribution is -2.30. The van der Waals surface area contributed by atoms with E-state index in [-0.39, 0.29) is 5.41 Å². The van der Waals surface area contributed by atoms with Crippen molar-refractivity contribution in [1.29, 1.82) is 0 Å². The molecule has 1 N–H and O–H groups in total. The molecule has 1 saturated carbocycles. The largest absolute Gasteiger partial charge is 0.358 e. The van der Waals surface area contributed by atoms with Crippen molar-refractivity contribution >= 4 is 16.7 Å². The first-order valence-corrected chi connectivity index (χ1v) is 7.24. The molecule has 0 spiro atoms. The molecule has 1 aliphatic carbocycles. The molecule has 1 heterocycles.